The highest BCUT2D eigenvalue weighted by Gasteiger charge is 2.15. The summed E-state index contributed by atoms with van der Waals surface area (Å²) in [7, 11) is 0. The van der Waals surface area contributed by atoms with Crippen LogP contribution in [-0.4, -0.2) is 16.0 Å². The Labute approximate surface area is 125 Å². The first-order valence-corrected chi connectivity index (χ1v) is 7.21. The largest absolute Gasteiger partial charge is 0.350 e. The van der Waals surface area contributed by atoms with Crippen LogP contribution >= 0.6 is 11.3 Å². The summed E-state index contributed by atoms with van der Waals surface area (Å²) in [5, 5.41) is 7.17. The number of hydrogen-bond acceptors (Lipinski definition) is 5. The monoisotopic (exact) mass is 299 g/mol. The highest BCUT2D eigenvalue weighted by atomic mass is 32.1. The second-order valence-electron chi connectivity index (χ2n) is 4.67. The molecule has 0 atom stereocenters. The molecule has 0 bridgehead atoms. The van der Waals surface area contributed by atoms with Gasteiger partial charge >= 0.3 is 0 Å². The minimum absolute atomic E-state index is 0.165. The summed E-state index contributed by atoms with van der Waals surface area (Å²) in [6.45, 7) is 3.94. The summed E-state index contributed by atoms with van der Waals surface area (Å²) >= 11 is 1.41. The van der Waals surface area contributed by atoms with Crippen molar-refractivity contribution < 1.29 is 9.32 Å². The Balaban J connectivity index is 1.78. The van der Waals surface area contributed by atoms with Crippen LogP contribution in [0.1, 0.15) is 21.0 Å². The van der Waals surface area contributed by atoms with Crippen LogP contribution in [0.2, 0.25) is 0 Å². The Morgan fingerprint density at radius 2 is 2.00 bits per heavy atom. The number of nitrogens with one attached hydrogen (secondary N) is 1. The van der Waals surface area contributed by atoms with E-state index in [1.807, 2.05) is 38.1 Å². The van der Waals surface area contributed by atoms with Gasteiger partial charge in [0, 0.05) is 22.7 Å². The lowest BCUT2D eigenvalue weighted by atomic mass is 10.1. The van der Waals surface area contributed by atoms with Crippen LogP contribution in [0.4, 0.5) is 5.13 Å². The summed E-state index contributed by atoms with van der Waals surface area (Å²) in [6.07, 6.45) is 1.71. The number of anilines is 1. The molecule has 21 heavy (non-hydrogen) atoms. The second kappa shape index (κ2) is 5.49. The van der Waals surface area contributed by atoms with Gasteiger partial charge in [0.1, 0.15) is 5.69 Å². The lowest BCUT2D eigenvalue weighted by Crippen LogP contribution is -2.10. The third-order valence-corrected chi connectivity index (χ3v) is 3.75. The predicted molar refractivity (Wildman–Crippen MR) is 81.5 cm³/mol. The molecule has 106 valence electrons. The molecule has 0 aliphatic carbocycles. The molecule has 1 aromatic carbocycles. The van der Waals surface area contributed by atoms with Crippen molar-refractivity contribution in [1.82, 2.24) is 10.1 Å². The topological polar surface area (TPSA) is 68.0 Å². The third kappa shape index (κ3) is 3.00. The van der Waals surface area contributed by atoms with Gasteiger partial charge in [-0.2, -0.15) is 0 Å². The molecular formula is C15H13N3O2S. The Morgan fingerprint density at radius 1 is 1.24 bits per heavy atom. The van der Waals surface area contributed by atoms with Gasteiger partial charge in [0.25, 0.3) is 5.91 Å². The average Bonchev–Trinajstić information content (AvgIpc) is 3.09. The molecule has 0 radical (unpaired) electrons. The van der Waals surface area contributed by atoms with Gasteiger partial charge in [-0.1, -0.05) is 35.0 Å². The highest BCUT2D eigenvalue weighted by Crippen LogP contribution is 2.21. The van der Waals surface area contributed by atoms with Gasteiger partial charge in [0.05, 0.1) is 0 Å². The first-order valence-electron chi connectivity index (χ1n) is 6.39. The minimum atomic E-state index is -0.352. The summed E-state index contributed by atoms with van der Waals surface area (Å²) in [6, 6.07) is 9.49. The van der Waals surface area contributed by atoms with E-state index in [2.05, 4.69) is 15.5 Å². The van der Waals surface area contributed by atoms with Crippen molar-refractivity contribution in [1.29, 1.82) is 0 Å². The summed E-state index contributed by atoms with van der Waals surface area (Å²) < 4.78 is 5.10. The Kier molecular flexibility index (Phi) is 3.53. The normalized spacial score (nSPS) is 10.6. The quantitative estimate of drug-likeness (QED) is 0.801. The van der Waals surface area contributed by atoms with Gasteiger partial charge in [0.15, 0.2) is 5.13 Å². The van der Waals surface area contributed by atoms with Crippen LogP contribution < -0.4 is 5.32 Å². The summed E-state index contributed by atoms with van der Waals surface area (Å²) in [5.74, 6) is -0.186. The lowest BCUT2D eigenvalue weighted by Gasteiger charge is -1.96. The van der Waals surface area contributed by atoms with E-state index in [1.165, 1.54) is 16.9 Å². The maximum atomic E-state index is 12.0. The van der Waals surface area contributed by atoms with Gasteiger partial charge in [-0.25, -0.2) is 4.98 Å². The molecule has 0 aliphatic rings. The fourth-order valence-corrected chi connectivity index (χ4v) is 2.47. The standard InChI is InChI=1S/C15H13N3O2S/c1-9-3-5-11(6-4-9)12-7-13(20-18-12)14(19)17-15-16-8-10(2)21-15/h3-8H,1-2H3,(H,16,17,19). The maximum absolute atomic E-state index is 12.0. The smallest absolute Gasteiger partial charge is 0.296 e. The second-order valence-corrected chi connectivity index (χ2v) is 5.91. The molecule has 0 spiro atoms. The molecule has 0 aliphatic heterocycles. The zero-order valence-electron chi connectivity index (χ0n) is 11.6. The first kappa shape index (κ1) is 13.5. The molecule has 6 heteroatoms. The molecule has 2 aromatic heterocycles. The van der Waals surface area contributed by atoms with Crippen molar-refractivity contribution in [3.63, 3.8) is 0 Å². The van der Waals surface area contributed by atoms with E-state index in [-0.39, 0.29) is 11.7 Å². The number of hydrogen-bond donors (Lipinski definition) is 1. The van der Waals surface area contributed by atoms with Crippen molar-refractivity contribution in [3.05, 3.63) is 52.7 Å². The van der Waals surface area contributed by atoms with Crippen LogP contribution in [0, 0.1) is 13.8 Å². The summed E-state index contributed by atoms with van der Waals surface area (Å²) in [4.78, 5) is 17.2. The van der Waals surface area contributed by atoms with Crippen LogP contribution in [0.5, 0.6) is 0 Å². The van der Waals surface area contributed by atoms with E-state index in [9.17, 15) is 4.79 Å². The van der Waals surface area contributed by atoms with Crippen molar-refractivity contribution in [2.24, 2.45) is 0 Å². The number of rotatable bonds is 3. The van der Waals surface area contributed by atoms with Gasteiger partial charge in [-0.05, 0) is 13.8 Å². The van der Waals surface area contributed by atoms with Crippen LogP contribution in [0.25, 0.3) is 11.3 Å². The molecule has 0 fully saturated rings. The van der Waals surface area contributed by atoms with Gasteiger partial charge < -0.3 is 4.52 Å². The molecule has 1 amide bonds. The van der Waals surface area contributed by atoms with E-state index in [1.54, 1.807) is 12.3 Å². The number of benzene rings is 1. The average molecular weight is 299 g/mol. The molecule has 0 saturated heterocycles. The fraction of sp³-hybridized carbons (Fsp3) is 0.133. The van der Waals surface area contributed by atoms with E-state index < -0.39 is 0 Å². The zero-order chi connectivity index (χ0) is 14.8. The summed E-state index contributed by atoms with van der Waals surface area (Å²) in [5.41, 5.74) is 2.71. The number of amides is 1. The minimum Gasteiger partial charge on any atom is -0.350 e. The van der Waals surface area contributed by atoms with Crippen molar-refractivity contribution in [2.45, 2.75) is 13.8 Å². The highest BCUT2D eigenvalue weighted by molar-refractivity contribution is 7.15. The zero-order valence-corrected chi connectivity index (χ0v) is 12.4. The number of carbonyl (C=O) groups is 1. The van der Waals surface area contributed by atoms with E-state index >= 15 is 0 Å². The molecule has 3 rings (SSSR count). The molecular weight excluding hydrogens is 286 g/mol. The molecule has 5 nitrogen and oxygen atoms in total. The number of aryl methyl sites for hydroxylation is 2. The van der Waals surface area contributed by atoms with Gasteiger partial charge in [-0.3, -0.25) is 10.1 Å². The van der Waals surface area contributed by atoms with Crippen LogP contribution in [-0.2, 0) is 0 Å². The fourth-order valence-electron chi connectivity index (χ4n) is 1.81. The van der Waals surface area contributed by atoms with E-state index in [0.29, 0.717) is 10.8 Å². The van der Waals surface area contributed by atoms with Crippen molar-refractivity contribution in [2.75, 3.05) is 5.32 Å². The third-order valence-electron chi connectivity index (χ3n) is 2.92. The van der Waals surface area contributed by atoms with Crippen LogP contribution in [0.3, 0.4) is 0 Å². The predicted octanol–water partition coefficient (Wildman–Crippen LogP) is 3.67. The molecule has 1 N–H and O–H groups in total. The van der Waals surface area contributed by atoms with Gasteiger partial charge in [-0.15, -0.1) is 11.3 Å². The van der Waals surface area contributed by atoms with E-state index in [0.717, 1.165) is 10.4 Å². The molecule has 0 unspecified atom stereocenters. The Bertz CT molecular complexity index is 774. The number of nitrogens with zero attached hydrogens (tertiary/aromatic N) is 2. The Morgan fingerprint density at radius 3 is 2.67 bits per heavy atom. The maximum Gasteiger partial charge on any atom is 0.296 e. The van der Waals surface area contributed by atoms with Crippen molar-refractivity contribution in [3.8, 4) is 11.3 Å². The molecule has 2 heterocycles. The lowest BCUT2D eigenvalue weighted by molar-refractivity contribution is 0.0988. The van der Waals surface area contributed by atoms with Crippen molar-refractivity contribution >= 4 is 22.4 Å². The molecule has 3 aromatic rings. The number of thiazole rings is 1. The first-order chi connectivity index (χ1) is 10.1. The Hall–Kier alpha value is -2.47. The SMILES string of the molecule is Cc1ccc(-c2cc(C(=O)Nc3ncc(C)s3)on2)cc1. The molecule has 0 saturated carbocycles. The number of aromatic nitrogens is 2. The van der Waals surface area contributed by atoms with E-state index in [4.69, 9.17) is 4.52 Å². The number of carbonyl (C=O) groups excluding carboxylic acids is 1. The van der Waals surface area contributed by atoms with Gasteiger partial charge in [0.2, 0.25) is 5.76 Å². The van der Waals surface area contributed by atoms with Crippen LogP contribution in [0.15, 0.2) is 41.1 Å².